The van der Waals surface area contributed by atoms with Crippen LogP contribution in [0.5, 0.6) is 0 Å². The van der Waals surface area contributed by atoms with E-state index in [1.807, 2.05) is 6.92 Å². The molecule has 1 heterocycles. The first-order valence-corrected chi connectivity index (χ1v) is 9.17. The van der Waals surface area contributed by atoms with Crippen LogP contribution in [0.1, 0.15) is 46.0 Å². The van der Waals surface area contributed by atoms with Crippen LogP contribution in [0.2, 0.25) is 0 Å². The molecule has 0 bridgehead atoms. The zero-order valence-electron chi connectivity index (χ0n) is 14.9. The van der Waals surface area contributed by atoms with E-state index in [-0.39, 0.29) is 24.0 Å². The van der Waals surface area contributed by atoms with Crippen LogP contribution < -0.4 is 10.6 Å². The van der Waals surface area contributed by atoms with Gasteiger partial charge in [-0.15, -0.1) is 24.0 Å². The van der Waals surface area contributed by atoms with Gasteiger partial charge < -0.3 is 20.3 Å². The van der Waals surface area contributed by atoms with Crippen molar-refractivity contribution in [1.82, 2.24) is 15.5 Å². The minimum absolute atomic E-state index is 0. The van der Waals surface area contributed by atoms with Gasteiger partial charge in [0.1, 0.15) is 0 Å². The fourth-order valence-corrected chi connectivity index (χ4v) is 3.03. The molecule has 0 amide bonds. The first-order chi connectivity index (χ1) is 10.8. The molecule has 0 spiro atoms. The van der Waals surface area contributed by atoms with Crippen molar-refractivity contribution in [1.29, 1.82) is 0 Å². The summed E-state index contributed by atoms with van der Waals surface area (Å²) in [5.41, 5.74) is 0. The van der Waals surface area contributed by atoms with Gasteiger partial charge in [0.2, 0.25) is 0 Å². The zero-order chi connectivity index (χ0) is 15.6. The normalized spacial score (nSPS) is 22.0. The van der Waals surface area contributed by atoms with E-state index in [2.05, 4.69) is 22.5 Å². The number of nitrogens with one attached hydrogen (secondary N) is 2. The summed E-state index contributed by atoms with van der Waals surface area (Å²) in [7, 11) is 0. The van der Waals surface area contributed by atoms with Crippen LogP contribution in [-0.4, -0.2) is 62.8 Å². The Balaban J connectivity index is 0.00000264. The Morgan fingerprint density at radius 2 is 2.00 bits per heavy atom. The Bertz CT molecular complexity index is 337. The van der Waals surface area contributed by atoms with E-state index in [0.29, 0.717) is 0 Å². The van der Waals surface area contributed by atoms with Crippen LogP contribution in [0, 0.1) is 5.92 Å². The summed E-state index contributed by atoms with van der Waals surface area (Å²) in [6.45, 7) is 11.2. The molecule has 2 aliphatic rings. The van der Waals surface area contributed by atoms with Gasteiger partial charge in [0, 0.05) is 45.4 Å². The van der Waals surface area contributed by atoms with E-state index in [1.54, 1.807) is 0 Å². The number of halogens is 1. The molecule has 0 aromatic rings. The Labute approximate surface area is 159 Å². The average molecular weight is 438 g/mol. The second kappa shape index (κ2) is 12.3. The minimum Gasteiger partial charge on any atom is -0.382 e. The zero-order valence-corrected chi connectivity index (χ0v) is 17.2. The van der Waals surface area contributed by atoms with Gasteiger partial charge in [-0.05, 0) is 58.4 Å². The van der Waals surface area contributed by atoms with Crippen LogP contribution in [0.25, 0.3) is 0 Å². The van der Waals surface area contributed by atoms with Crippen LogP contribution in [0.15, 0.2) is 4.99 Å². The lowest BCUT2D eigenvalue weighted by molar-refractivity contribution is 0.143. The molecule has 1 aliphatic carbocycles. The second-order valence-electron chi connectivity index (χ2n) is 6.43. The van der Waals surface area contributed by atoms with Crippen LogP contribution in [0.3, 0.4) is 0 Å². The van der Waals surface area contributed by atoms with Gasteiger partial charge in [0.05, 0.1) is 0 Å². The first-order valence-electron chi connectivity index (χ1n) is 9.17. The maximum Gasteiger partial charge on any atom is 0.191 e. The number of hydrogen-bond donors (Lipinski definition) is 2. The van der Waals surface area contributed by atoms with Gasteiger partial charge in [0.25, 0.3) is 0 Å². The fourth-order valence-electron chi connectivity index (χ4n) is 3.03. The quantitative estimate of drug-likeness (QED) is 0.238. The standard InChI is InChI=1S/C17H34N4O.HI/c1-3-18-17(19-10-5-6-12-22-4-2)20-13-15-9-11-21(14-15)16-7-8-16;/h15-16H,3-14H2,1-2H3,(H2,18,19,20);1H. The molecular weight excluding hydrogens is 403 g/mol. The summed E-state index contributed by atoms with van der Waals surface area (Å²) < 4.78 is 5.36. The van der Waals surface area contributed by atoms with Gasteiger partial charge in [0.15, 0.2) is 5.96 Å². The van der Waals surface area contributed by atoms with Crippen LogP contribution in [0.4, 0.5) is 0 Å². The van der Waals surface area contributed by atoms with Crippen molar-refractivity contribution in [3.8, 4) is 0 Å². The van der Waals surface area contributed by atoms with Gasteiger partial charge in [-0.1, -0.05) is 0 Å². The van der Waals surface area contributed by atoms with E-state index in [4.69, 9.17) is 9.73 Å². The maximum absolute atomic E-state index is 5.36. The lowest BCUT2D eigenvalue weighted by Gasteiger charge is -2.15. The number of ether oxygens (including phenoxy) is 1. The highest BCUT2D eigenvalue weighted by molar-refractivity contribution is 14.0. The second-order valence-corrected chi connectivity index (χ2v) is 6.43. The van der Waals surface area contributed by atoms with E-state index >= 15 is 0 Å². The monoisotopic (exact) mass is 438 g/mol. The van der Waals surface area contributed by atoms with E-state index in [0.717, 1.165) is 63.6 Å². The summed E-state index contributed by atoms with van der Waals surface area (Å²) in [5.74, 6) is 1.72. The lowest BCUT2D eigenvalue weighted by atomic mass is 10.1. The molecule has 6 heteroatoms. The molecule has 1 atom stereocenters. The van der Waals surface area contributed by atoms with Crippen molar-refractivity contribution >= 4 is 29.9 Å². The third kappa shape index (κ3) is 8.54. The summed E-state index contributed by atoms with van der Waals surface area (Å²) in [5, 5.41) is 6.79. The Kier molecular flexibility index (Phi) is 11.2. The molecule has 0 aromatic heterocycles. The largest absolute Gasteiger partial charge is 0.382 e. The summed E-state index contributed by atoms with van der Waals surface area (Å²) in [4.78, 5) is 7.44. The van der Waals surface area contributed by atoms with Crippen LogP contribution in [-0.2, 0) is 4.74 Å². The van der Waals surface area contributed by atoms with Crippen molar-refractivity contribution < 1.29 is 4.74 Å². The van der Waals surface area contributed by atoms with Crippen molar-refractivity contribution in [2.75, 3.05) is 45.9 Å². The lowest BCUT2D eigenvalue weighted by Crippen LogP contribution is -2.38. The van der Waals surface area contributed by atoms with Crippen molar-refractivity contribution in [3.63, 3.8) is 0 Å². The highest BCUT2D eigenvalue weighted by atomic mass is 127. The molecule has 1 saturated carbocycles. The van der Waals surface area contributed by atoms with E-state index in [9.17, 15) is 0 Å². The molecule has 0 aromatic carbocycles. The molecule has 23 heavy (non-hydrogen) atoms. The highest BCUT2D eigenvalue weighted by Crippen LogP contribution is 2.31. The fraction of sp³-hybridized carbons (Fsp3) is 0.941. The Morgan fingerprint density at radius 1 is 1.17 bits per heavy atom. The third-order valence-corrected chi connectivity index (χ3v) is 4.44. The number of hydrogen-bond acceptors (Lipinski definition) is 3. The summed E-state index contributed by atoms with van der Waals surface area (Å²) in [6, 6.07) is 0.908. The molecule has 2 rings (SSSR count). The minimum atomic E-state index is 0. The molecule has 1 unspecified atom stereocenters. The van der Waals surface area contributed by atoms with Crippen LogP contribution >= 0.6 is 24.0 Å². The third-order valence-electron chi connectivity index (χ3n) is 4.44. The van der Waals surface area contributed by atoms with E-state index in [1.165, 1.54) is 32.4 Å². The van der Waals surface area contributed by atoms with Gasteiger partial charge in [-0.3, -0.25) is 4.99 Å². The topological polar surface area (TPSA) is 48.9 Å². The predicted molar refractivity (Wildman–Crippen MR) is 108 cm³/mol. The SMILES string of the molecule is CCNC(=NCC1CCN(C2CC2)C1)NCCCCOCC.I. The smallest absolute Gasteiger partial charge is 0.191 e. The number of nitrogens with zero attached hydrogens (tertiary/aromatic N) is 2. The molecule has 1 saturated heterocycles. The maximum atomic E-state index is 5.36. The molecular formula is C17H35IN4O. The summed E-state index contributed by atoms with van der Waals surface area (Å²) >= 11 is 0. The summed E-state index contributed by atoms with van der Waals surface area (Å²) in [6.07, 6.45) is 6.39. The molecule has 0 radical (unpaired) electrons. The predicted octanol–water partition coefficient (Wildman–Crippen LogP) is 2.46. The van der Waals surface area contributed by atoms with Gasteiger partial charge in [-0.25, -0.2) is 0 Å². The molecule has 2 N–H and O–H groups in total. The van der Waals surface area contributed by atoms with Crippen molar-refractivity contribution in [3.05, 3.63) is 0 Å². The average Bonchev–Trinajstić information content (AvgIpc) is 3.27. The van der Waals surface area contributed by atoms with Crippen molar-refractivity contribution in [2.45, 2.75) is 52.0 Å². The number of rotatable bonds is 10. The number of likely N-dealkylation sites (tertiary alicyclic amines) is 1. The molecule has 136 valence electrons. The number of guanidine groups is 1. The number of unbranched alkanes of at least 4 members (excludes halogenated alkanes) is 1. The molecule has 5 nitrogen and oxygen atoms in total. The molecule has 2 fully saturated rings. The van der Waals surface area contributed by atoms with E-state index < -0.39 is 0 Å². The van der Waals surface area contributed by atoms with Crippen molar-refractivity contribution in [2.24, 2.45) is 10.9 Å². The molecule has 1 aliphatic heterocycles. The van der Waals surface area contributed by atoms with Gasteiger partial charge in [-0.2, -0.15) is 0 Å². The first kappa shape index (κ1) is 21.0. The highest BCUT2D eigenvalue weighted by Gasteiger charge is 2.34. The Hall–Kier alpha value is -0.0800. The number of aliphatic imine (C=N–C) groups is 1. The van der Waals surface area contributed by atoms with Gasteiger partial charge >= 0.3 is 0 Å². The Morgan fingerprint density at radius 3 is 2.70 bits per heavy atom.